The molecule has 0 aromatic rings. The smallest absolute Gasteiger partial charge is 0.0662 e. The van der Waals surface area contributed by atoms with Gasteiger partial charge in [-0.3, -0.25) is 0 Å². The molecule has 1 saturated carbocycles. The normalized spacial score (nSPS) is 22.5. The topological polar surface area (TPSA) is 32.3 Å². The van der Waals surface area contributed by atoms with Crippen molar-refractivity contribution >= 4 is 0 Å². The zero-order valence-electron chi connectivity index (χ0n) is 8.05. The van der Waals surface area contributed by atoms with Crippen molar-refractivity contribution in [1.29, 1.82) is 0 Å². The Morgan fingerprint density at radius 3 is 2.58 bits per heavy atom. The van der Waals surface area contributed by atoms with E-state index in [0.717, 1.165) is 13.0 Å². The fraction of sp³-hybridized carbons (Fsp3) is 1.00. The maximum absolute atomic E-state index is 9.33. The highest BCUT2D eigenvalue weighted by molar-refractivity contribution is 4.72. The van der Waals surface area contributed by atoms with Crippen molar-refractivity contribution in [3.8, 4) is 0 Å². The fourth-order valence-corrected chi connectivity index (χ4v) is 1.75. The molecule has 2 heteroatoms. The summed E-state index contributed by atoms with van der Waals surface area (Å²) in [5.41, 5.74) is 0. The average Bonchev–Trinajstić information content (AvgIpc) is 2.16. The second-order valence-corrected chi connectivity index (χ2v) is 3.81. The van der Waals surface area contributed by atoms with Gasteiger partial charge in [0.1, 0.15) is 0 Å². The molecule has 0 heterocycles. The standard InChI is InChI=1S/C10H21NO/c1-2-10(12)8-11-9-6-4-3-5-7-9/h9-12H,2-8H2,1H3/t10-/m1/s1. The first-order chi connectivity index (χ1) is 5.83. The maximum atomic E-state index is 9.33. The van der Waals surface area contributed by atoms with E-state index in [2.05, 4.69) is 5.32 Å². The summed E-state index contributed by atoms with van der Waals surface area (Å²) in [6.45, 7) is 2.80. The Kier molecular flexibility index (Phi) is 4.62. The zero-order valence-corrected chi connectivity index (χ0v) is 8.05. The number of hydrogen-bond donors (Lipinski definition) is 2. The Morgan fingerprint density at radius 2 is 2.00 bits per heavy atom. The molecule has 0 aromatic heterocycles. The van der Waals surface area contributed by atoms with Gasteiger partial charge >= 0.3 is 0 Å². The molecule has 0 bridgehead atoms. The van der Waals surface area contributed by atoms with E-state index in [1.807, 2.05) is 6.92 Å². The lowest BCUT2D eigenvalue weighted by Crippen LogP contribution is -2.36. The monoisotopic (exact) mass is 171 g/mol. The van der Waals surface area contributed by atoms with Gasteiger partial charge in [0.2, 0.25) is 0 Å². The van der Waals surface area contributed by atoms with E-state index in [0.29, 0.717) is 6.04 Å². The lowest BCUT2D eigenvalue weighted by Gasteiger charge is -2.23. The van der Waals surface area contributed by atoms with Crippen molar-refractivity contribution in [1.82, 2.24) is 5.32 Å². The quantitative estimate of drug-likeness (QED) is 0.674. The van der Waals surface area contributed by atoms with E-state index in [1.165, 1.54) is 32.1 Å². The summed E-state index contributed by atoms with van der Waals surface area (Å²) in [5, 5.41) is 12.7. The van der Waals surface area contributed by atoms with Crippen LogP contribution in [0.25, 0.3) is 0 Å². The Morgan fingerprint density at radius 1 is 1.33 bits per heavy atom. The van der Waals surface area contributed by atoms with Crippen LogP contribution in [0.15, 0.2) is 0 Å². The van der Waals surface area contributed by atoms with Crippen LogP contribution in [0, 0.1) is 0 Å². The average molecular weight is 171 g/mol. The summed E-state index contributed by atoms with van der Waals surface area (Å²) < 4.78 is 0. The third-order valence-corrected chi connectivity index (χ3v) is 2.72. The molecule has 0 unspecified atom stereocenters. The van der Waals surface area contributed by atoms with Gasteiger partial charge in [0.05, 0.1) is 6.10 Å². The molecule has 1 aliphatic carbocycles. The predicted molar refractivity (Wildman–Crippen MR) is 51.2 cm³/mol. The lowest BCUT2D eigenvalue weighted by atomic mass is 9.95. The van der Waals surface area contributed by atoms with Crippen molar-refractivity contribution in [3.05, 3.63) is 0 Å². The molecule has 2 N–H and O–H groups in total. The van der Waals surface area contributed by atoms with Crippen molar-refractivity contribution in [2.24, 2.45) is 0 Å². The van der Waals surface area contributed by atoms with Gasteiger partial charge in [-0.1, -0.05) is 26.2 Å². The summed E-state index contributed by atoms with van der Waals surface area (Å²) in [7, 11) is 0. The van der Waals surface area contributed by atoms with Crippen molar-refractivity contribution in [2.45, 2.75) is 57.6 Å². The van der Waals surface area contributed by atoms with Crippen molar-refractivity contribution in [3.63, 3.8) is 0 Å². The maximum Gasteiger partial charge on any atom is 0.0662 e. The highest BCUT2D eigenvalue weighted by Gasteiger charge is 2.13. The molecule has 0 radical (unpaired) electrons. The molecule has 1 atom stereocenters. The molecule has 72 valence electrons. The van der Waals surface area contributed by atoms with E-state index in [1.54, 1.807) is 0 Å². The first-order valence-electron chi connectivity index (χ1n) is 5.24. The molecule has 0 saturated heterocycles. The van der Waals surface area contributed by atoms with Crippen LogP contribution in [-0.2, 0) is 0 Å². The van der Waals surface area contributed by atoms with Crippen molar-refractivity contribution < 1.29 is 5.11 Å². The van der Waals surface area contributed by atoms with E-state index < -0.39 is 0 Å². The Bertz CT molecular complexity index is 110. The molecule has 1 aliphatic rings. The third kappa shape index (κ3) is 3.55. The van der Waals surface area contributed by atoms with Crippen LogP contribution >= 0.6 is 0 Å². The number of hydrogen-bond acceptors (Lipinski definition) is 2. The Hall–Kier alpha value is -0.0800. The highest BCUT2D eigenvalue weighted by Crippen LogP contribution is 2.17. The van der Waals surface area contributed by atoms with Gasteiger partial charge in [-0.25, -0.2) is 0 Å². The van der Waals surface area contributed by atoms with Crippen LogP contribution in [0.3, 0.4) is 0 Å². The SMILES string of the molecule is CC[C@@H](O)CNC1CCCCC1. The minimum atomic E-state index is -0.146. The van der Waals surface area contributed by atoms with Gasteiger partial charge in [-0.05, 0) is 19.3 Å². The van der Waals surface area contributed by atoms with E-state index in [4.69, 9.17) is 0 Å². The molecule has 0 spiro atoms. The summed E-state index contributed by atoms with van der Waals surface area (Å²) >= 11 is 0. The molecule has 0 aliphatic heterocycles. The number of nitrogens with one attached hydrogen (secondary N) is 1. The van der Waals surface area contributed by atoms with E-state index >= 15 is 0 Å². The van der Waals surface area contributed by atoms with E-state index in [9.17, 15) is 5.11 Å². The number of aliphatic hydroxyl groups excluding tert-OH is 1. The summed E-state index contributed by atoms with van der Waals surface area (Å²) in [5.74, 6) is 0. The molecular weight excluding hydrogens is 150 g/mol. The number of aliphatic hydroxyl groups is 1. The minimum absolute atomic E-state index is 0.146. The summed E-state index contributed by atoms with van der Waals surface area (Å²) in [4.78, 5) is 0. The minimum Gasteiger partial charge on any atom is -0.392 e. The lowest BCUT2D eigenvalue weighted by molar-refractivity contribution is 0.159. The Balaban J connectivity index is 2.05. The molecule has 1 rings (SSSR count). The first-order valence-corrected chi connectivity index (χ1v) is 5.24. The van der Waals surface area contributed by atoms with Crippen LogP contribution < -0.4 is 5.32 Å². The largest absolute Gasteiger partial charge is 0.392 e. The zero-order chi connectivity index (χ0) is 8.81. The molecule has 1 fully saturated rings. The number of rotatable bonds is 4. The van der Waals surface area contributed by atoms with Crippen LogP contribution in [0.5, 0.6) is 0 Å². The van der Waals surface area contributed by atoms with Crippen LogP contribution in [0.4, 0.5) is 0 Å². The first kappa shape index (κ1) is 10.0. The van der Waals surface area contributed by atoms with Gasteiger partial charge < -0.3 is 10.4 Å². The Labute approximate surface area is 75.4 Å². The highest BCUT2D eigenvalue weighted by atomic mass is 16.3. The van der Waals surface area contributed by atoms with Gasteiger partial charge in [0, 0.05) is 12.6 Å². The summed E-state index contributed by atoms with van der Waals surface area (Å²) in [6, 6.07) is 0.681. The third-order valence-electron chi connectivity index (χ3n) is 2.72. The van der Waals surface area contributed by atoms with E-state index in [-0.39, 0.29) is 6.10 Å². The predicted octanol–water partition coefficient (Wildman–Crippen LogP) is 1.68. The van der Waals surface area contributed by atoms with Crippen molar-refractivity contribution in [2.75, 3.05) is 6.54 Å². The molecule has 0 amide bonds. The van der Waals surface area contributed by atoms with Gasteiger partial charge in [0.15, 0.2) is 0 Å². The van der Waals surface area contributed by atoms with Crippen LogP contribution in [-0.4, -0.2) is 23.8 Å². The van der Waals surface area contributed by atoms with Gasteiger partial charge in [-0.15, -0.1) is 0 Å². The van der Waals surface area contributed by atoms with Gasteiger partial charge in [0.25, 0.3) is 0 Å². The fourth-order valence-electron chi connectivity index (χ4n) is 1.75. The molecule has 12 heavy (non-hydrogen) atoms. The second kappa shape index (κ2) is 5.55. The molecule has 0 aromatic carbocycles. The van der Waals surface area contributed by atoms with Crippen LogP contribution in [0.2, 0.25) is 0 Å². The molecular formula is C10H21NO. The molecule has 2 nitrogen and oxygen atoms in total. The van der Waals surface area contributed by atoms with Gasteiger partial charge in [-0.2, -0.15) is 0 Å². The summed E-state index contributed by atoms with van der Waals surface area (Å²) in [6.07, 6.45) is 7.44. The van der Waals surface area contributed by atoms with Crippen LogP contribution in [0.1, 0.15) is 45.4 Å². The second-order valence-electron chi connectivity index (χ2n) is 3.81.